The number of carbonyl (C=O) groups is 1. The number of hydrogen-bond acceptors (Lipinski definition) is 2. The molecule has 0 spiro atoms. The van der Waals surface area contributed by atoms with Gasteiger partial charge in [-0.1, -0.05) is 19.1 Å². The Labute approximate surface area is 182 Å². The number of rotatable bonds is 9. The van der Waals surface area contributed by atoms with E-state index in [1.807, 2.05) is 44.3 Å². The van der Waals surface area contributed by atoms with Crippen LogP contribution in [0.25, 0.3) is 10.9 Å². The number of aromatic nitrogens is 1. The number of aromatic amines is 1. The second-order valence-corrected chi connectivity index (χ2v) is 7.33. The molecular formula is C24H30FN5O. The molecule has 2 aromatic carbocycles. The Hall–Kier alpha value is -3.35. The third-order valence-electron chi connectivity index (χ3n) is 4.90. The van der Waals surface area contributed by atoms with Crippen molar-refractivity contribution in [1.82, 2.24) is 20.9 Å². The molecule has 6 nitrogen and oxygen atoms in total. The summed E-state index contributed by atoms with van der Waals surface area (Å²) >= 11 is 0. The summed E-state index contributed by atoms with van der Waals surface area (Å²) in [6, 6.07) is 12.3. The quantitative estimate of drug-likeness (QED) is 0.313. The van der Waals surface area contributed by atoms with Crippen LogP contribution in [-0.2, 0) is 13.0 Å². The van der Waals surface area contributed by atoms with Gasteiger partial charge in [0.15, 0.2) is 5.96 Å². The van der Waals surface area contributed by atoms with Crippen molar-refractivity contribution in [3.8, 4) is 0 Å². The van der Waals surface area contributed by atoms with E-state index >= 15 is 0 Å². The van der Waals surface area contributed by atoms with Gasteiger partial charge in [0.2, 0.25) is 0 Å². The highest BCUT2D eigenvalue weighted by molar-refractivity contribution is 5.94. The molecule has 3 aromatic rings. The zero-order valence-corrected chi connectivity index (χ0v) is 18.1. The number of guanidine groups is 1. The van der Waals surface area contributed by atoms with Gasteiger partial charge in [0.05, 0.1) is 6.54 Å². The summed E-state index contributed by atoms with van der Waals surface area (Å²) in [5, 5.41) is 10.4. The molecule has 0 bridgehead atoms. The fraction of sp³-hybridized carbons (Fsp3) is 0.333. The minimum atomic E-state index is -0.234. The molecule has 31 heavy (non-hydrogen) atoms. The SMILES string of the molecule is CCCNC(=O)c1cccc(CN=C(NCC)NCCc2c[nH]c3ccc(F)cc23)c1. The fourth-order valence-corrected chi connectivity index (χ4v) is 3.34. The van der Waals surface area contributed by atoms with Crippen LogP contribution < -0.4 is 16.0 Å². The van der Waals surface area contributed by atoms with Crippen LogP contribution in [0, 0.1) is 5.82 Å². The number of hydrogen-bond donors (Lipinski definition) is 4. The number of H-pyrrole nitrogens is 1. The molecule has 0 saturated carbocycles. The number of nitrogens with one attached hydrogen (secondary N) is 4. The van der Waals surface area contributed by atoms with Gasteiger partial charge in [0.1, 0.15) is 5.82 Å². The monoisotopic (exact) mass is 423 g/mol. The number of amides is 1. The van der Waals surface area contributed by atoms with Gasteiger partial charge in [0, 0.05) is 42.3 Å². The molecule has 0 radical (unpaired) electrons. The van der Waals surface area contributed by atoms with E-state index in [4.69, 9.17) is 0 Å². The first kappa shape index (κ1) is 22.3. The average Bonchev–Trinajstić information content (AvgIpc) is 3.18. The van der Waals surface area contributed by atoms with Crippen molar-refractivity contribution in [3.05, 3.63) is 71.2 Å². The molecule has 164 valence electrons. The largest absolute Gasteiger partial charge is 0.361 e. The Bertz CT molecular complexity index is 1040. The second kappa shape index (κ2) is 11.2. The highest BCUT2D eigenvalue weighted by Crippen LogP contribution is 2.19. The molecule has 0 saturated heterocycles. The number of halogens is 1. The van der Waals surface area contributed by atoms with Gasteiger partial charge in [-0.15, -0.1) is 0 Å². The predicted molar refractivity (Wildman–Crippen MR) is 124 cm³/mol. The molecule has 1 heterocycles. The van der Waals surface area contributed by atoms with Crippen molar-refractivity contribution in [1.29, 1.82) is 0 Å². The summed E-state index contributed by atoms with van der Waals surface area (Å²) in [5.41, 5.74) is 3.60. The molecule has 0 aliphatic rings. The summed E-state index contributed by atoms with van der Waals surface area (Å²) in [6.07, 6.45) is 3.56. The highest BCUT2D eigenvalue weighted by Gasteiger charge is 2.07. The Morgan fingerprint density at radius 1 is 1.06 bits per heavy atom. The lowest BCUT2D eigenvalue weighted by Gasteiger charge is -2.11. The number of benzene rings is 2. The van der Waals surface area contributed by atoms with E-state index in [9.17, 15) is 9.18 Å². The van der Waals surface area contributed by atoms with Crippen molar-refractivity contribution in [2.75, 3.05) is 19.6 Å². The highest BCUT2D eigenvalue weighted by atomic mass is 19.1. The van der Waals surface area contributed by atoms with Gasteiger partial charge in [0.25, 0.3) is 5.91 Å². The van der Waals surface area contributed by atoms with Crippen LogP contribution in [0.2, 0.25) is 0 Å². The molecule has 1 amide bonds. The lowest BCUT2D eigenvalue weighted by molar-refractivity contribution is 0.0953. The Morgan fingerprint density at radius 2 is 1.94 bits per heavy atom. The summed E-state index contributed by atoms with van der Waals surface area (Å²) in [7, 11) is 0. The van der Waals surface area contributed by atoms with Crippen molar-refractivity contribution >= 4 is 22.8 Å². The van der Waals surface area contributed by atoms with Crippen LogP contribution in [0.4, 0.5) is 4.39 Å². The van der Waals surface area contributed by atoms with Crippen LogP contribution in [0.15, 0.2) is 53.7 Å². The summed E-state index contributed by atoms with van der Waals surface area (Å²) in [5.74, 6) is 0.407. The summed E-state index contributed by atoms with van der Waals surface area (Å²) in [6.45, 7) is 6.56. The maximum absolute atomic E-state index is 13.6. The third kappa shape index (κ3) is 6.31. The minimum Gasteiger partial charge on any atom is -0.361 e. The van der Waals surface area contributed by atoms with Crippen molar-refractivity contribution < 1.29 is 9.18 Å². The first-order valence-corrected chi connectivity index (χ1v) is 10.8. The maximum atomic E-state index is 13.6. The smallest absolute Gasteiger partial charge is 0.251 e. The Kier molecular flexibility index (Phi) is 8.04. The molecule has 7 heteroatoms. The second-order valence-electron chi connectivity index (χ2n) is 7.33. The normalized spacial score (nSPS) is 11.5. The van der Waals surface area contributed by atoms with Crippen LogP contribution >= 0.6 is 0 Å². The van der Waals surface area contributed by atoms with Crippen molar-refractivity contribution in [2.45, 2.75) is 33.2 Å². The van der Waals surface area contributed by atoms with Gasteiger partial charge in [-0.25, -0.2) is 9.38 Å². The average molecular weight is 424 g/mol. The van der Waals surface area contributed by atoms with Gasteiger partial charge < -0.3 is 20.9 Å². The van der Waals surface area contributed by atoms with E-state index in [-0.39, 0.29) is 11.7 Å². The third-order valence-corrected chi connectivity index (χ3v) is 4.90. The van der Waals surface area contributed by atoms with Gasteiger partial charge in [-0.2, -0.15) is 0 Å². The zero-order chi connectivity index (χ0) is 22.1. The van der Waals surface area contributed by atoms with Crippen LogP contribution in [-0.4, -0.2) is 36.5 Å². The molecule has 0 atom stereocenters. The van der Waals surface area contributed by atoms with Crippen molar-refractivity contribution in [2.24, 2.45) is 4.99 Å². The number of nitrogens with zero attached hydrogens (tertiary/aromatic N) is 1. The summed E-state index contributed by atoms with van der Waals surface area (Å²) in [4.78, 5) is 20.0. The van der Waals surface area contributed by atoms with E-state index in [0.717, 1.165) is 41.4 Å². The van der Waals surface area contributed by atoms with Crippen LogP contribution in [0.5, 0.6) is 0 Å². The van der Waals surface area contributed by atoms with Crippen molar-refractivity contribution in [3.63, 3.8) is 0 Å². The first-order chi connectivity index (χ1) is 15.1. The lowest BCUT2D eigenvalue weighted by atomic mass is 10.1. The predicted octanol–water partition coefficient (Wildman–Crippen LogP) is 3.74. The number of aliphatic imine (C=N–C) groups is 1. The standard InChI is InChI=1S/C24H30FN5O/c1-3-11-27-23(31)18-7-5-6-17(13-18)15-30-24(26-4-2)28-12-10-19-16-29-22-9-8-20(25)14-21(19)22/h5-9,13-14,16,29H,3-4,10-12,15H2,1-2H3,(H,27,31)(H2,26,28,30). The molecule has 0 aliphatic heterocycles. The van der Waals surface area contributed by atoms with Crippen LogP contribution in [0.3, 0.4) is 0 Å². The number of carbonyl (C=O) groups excluding carboxylic acids is 1. The maximum Gasteiger partial charge on any atom is 0.251 e. The van der Waals surface area contributed by atoms with Crippen LogP contribution in [0.1, 0.15) is 41.8 Å². The summed E-state index contributed by atoms with van der Waals surface area (Å²) < 4.78 is 13.6. The van der Waals surface area contributed by atoms with E-state index in [0.29, 0.717) is 31.2 Å². The Balaban J connectivity index is 1.60. The fourth-order valence-electron chi connectivity index (χ4n) is 3.34. The topological polar surface area (TPSA) is 81.3 Å². The van der Waals surface area contributed by atoms with E-state index in [2.05, 4.69) is 25.9 Å². The molecule has 1 aromatic heterocycles. The number of fused-ring (bicyclic) bond motifs is 1. The first-order valence-electron chi connectivity index (χ1n) is 10.8. The molecule has 0 aliphatic carbocycles. The molecule has 4 N–H and O–H groups in total. The molecule has 0 unspecified atom stereocenters. The molecule has 3 rings (SSSR count). The molecular weight excluding hydrogens is 393 g/mol. The van der Waals surface area contributed by atoms with E-state index in [1.54, 1.807) is 12.1 Å². The van der Waals surface area contributed by atoms with Gasteiger partial charge in [-0.3, -0.25) is 4.79 Å². The molecule has 0 fully saturated rings. The zero-order valence-electron chi connectivity index (χ0n) is 18.1. The van der Waals surface area contributed by atoms with Gasteiger partial charge >= 0.3 is 0 Å². The minimum absolute atomic E-state index is 0.0622. The lowest BCUT2D eigenvalue weighted by Crippen LogP contribution is -2.38. The van der Waals surface area contributed by atoms with E-state index in [1.165, 1.54) is 6.07 Å². The Morgan fingerprint density at radius 3 is 2.74 bits per heavy atom. The van der Waals surface area contributed by atoms with Gasteiger partial charge in [-0.05, 0) is 61.2 Å². The van der Waals surface area contributed by atoms with E-state index < -0.39 is 0 Å².